The monoisotopic (exact) mass is 369 g/mol. The van der Waals surface area contributed by atoms with Gasteiger partial charge >= 0.3 is 0 Å². The Morgan fingerprint density at radius 1 is 1.19 bits per heavy atom. The Labute approximate surface area is 156 Å². The predicted molar refractivity (Wildman–Crippen MR) is 100 cm³/mol. The van der Waals surface area contributed by atoms with E-state index in [1.807, 2.05) is 55.5 Å². The van der Waals surface area contributed by atoms with E-state index in [2.05, 4.69) is 15.5 Å². The number of rotatable bonds is 7. The second-order valence-corrected chi connectivity index (χ2v) is 6.59. The summed E-state index contributed by atoms with van der Waals surface area (Å²) in [5.41, 5.74) is 2.96. The van der Waals surface area contributed by atoms with E-state index in [0.717, 1.165) is 22.4 Å². The van der Waals surface area contributed by atoms with Crippen LogP contribution in [0.5, 0.6) is 5.75 Å². The Kier molecular flexibility index (Phi) is 5.91. The van der Waals surface area contributed by atoms with Gasteiger partial charge in [-0.1, -0.05) is 41.6 Å². The Bertz CT molecular complexity index is 895. The van der Waals surface area contributed by atoms with E-state index in [0.29, 0.717) is 17.7 Å². The van der Waals surface area contributed by atoms with Gasteiger partial charge in [0, 0.05) is 12.1 Å². The van der Waals surface area contributed by atoms with Gasteiger partial charge in [-0.2, -0.15) is 0 Å². The topological polar surface area (TPSA) is 77.2 Å². The highest BCUT2D eigenvalue weighted by Gasteiger charge is 2.11. The fourth-order valence-corrected chi connectivity index (χ4v) is 2.92. The number of benzene rings is 2. The molecule has 7 heteroatoms. The molecule has 6 nitrogen and oxygen atoms in total. The van der Waals surface area contributed by atoms with Gasteiger partial charge in [0.05, 0.1) is 12.9 Å². The fraction of sp³-hybridized carbons (Fsp3) is 0.211. The number of ether oxygens (including phenoxy) is 1. The zero-order valence-electron chi connectivity index (χ0n) is 14.6. The summed E-state index contributed by atoms with van der Waals surface area (Å²) in [6, 6.07) is 15.4. The molecule has 3 aromatic rings. The molecule has 1 aromatic heterocycles. The van der Waals surface area contributed by atoms with Gasteiger partial charge in [-0.25, -0.2) is 0 Å². The first-order valence-corrected chi connectivity index (χ1v) is 9.05. The van der Waals surface area contributed by atoms with Gasteiger partial charge in [0.2, 0.25) is 11.8 Å². The molecular formula is C19H19N3O3S. The van der Waals surface area contributed by atoms with Crippen molar-refractivity contribution in [3.05, 3.63) is 59.7 Å². The summed E-state index contributed by atoms with van der Waals surface area (Å²) in [5, 5.41) is 11.3. The van der Waals surface area contributed by atoms with E-state index < -0.39 is 0 Å². The molecule has 1 heterocycles. The lowest BCUT2D eigenvalue weighted by Gasteiger charge is -2.06. The van der Waals surface area contributed by atoms with Crippen molar-refractivity contribution in [3.8, 4) is 17.2 Å². The van der Waals surface area contributed by atoms with Crippen molar-refractivity contribution < 1.29 is 13.9 Å². The maximum absolute atomic E-state index is 12.0. The molecule has 0 aliphatic carbocycles. The predicted octanol–water partition coefficient (Wildman–Crippen LogP) is 3.46. The Morgan fingerprint density at radius 3 is 2.85 bits per heavy atom. The summed E-state index contributed by atoms with van der Waals surface area (Å²) in [5.74, 6) is 1.32. The van der Waals surface area contributed by atoms with E-state index in [1.165, 1.54) is 11.8 Å². The van der Waals surface area contributed by atoms with Crippen LogP contribution in [0.4, 0.5) is 0 Å². The number of hydrogen-bond acceptors (Lipinski definition) is 6. The molecule has 0 unspecified atom stereocenters. The number of aromatic nitrogens is 2. The van der Waals surface area contributed by atoms with Crippen LogP contribution in [-0.4, -0.2) is 29.0 Å². The zero-order valence-corrected chi connectivity index (χ0v) is 15.4. The van der Waals surface area contributed by atoms with Gasteiger partial charge < -0.3 is 14.5 Å². The van der Waals surface area contributed by atoms with E-state index >= 15 is 0 Å². The van der Waals surface area contributed by atoms with Crippen molar-refractivity contribution in [3.63, 3.8) is 0 Å². The number of nitrogens with zero attached hydrogens (tertiary/aromatic N) is 2. The first-order chi connectivity index (χ1) is 12.6. The molecular weight excluding hydrogens is 350 g/mol. The molecule has 1 N–H and O–H groups in total. The molecule has 0 aliphatic rings. The number of hydrogen-bond donors (Lipinski definition) is 1. The van der Waals surface area contributed by atoms with Crippen LogP contribution in [0.1, 0.15) is 11.1 Å². The molecule has 0 radical (unpaired) electrons. The van der Waals surface area contributed by atoms with Crippen LogP contribution in [0.3, 0.4) is 0 Å². The van der Waals surface area contributed by atoms with E-state index in [1.54, 1.807) is 7.11 Å². The second kappa shape index (κ2) is 8.53. The maximum Gasteiger partial charge on any atom is 0.277 e. The Hall–Kier alpha value is -2.80. The molecule has 1 amide bonds. The van der Waals surface area contributed by atoms with Crippen LogP contribution < -0.4 is 10.1 Å². The van der Waals surface area contributed by atoms with Gasteiger partial charge in [-0.3, -0.25) is 4.79 Å². The second-order valence-electron chi connectivity index (χ2n) is 5.66. The van der Waals surface area contributed by atoms with Crippen molar-refractivity contribution >= 4 is 17.7 Å². The molecule has 0 atom stereocenters. The minimum atomic E-state index is -0.104. The van der Waals surface area contributed by atoms with Crippen molar-refractivity contribution in [1.29, 1.82) is 0 Å². The summed E-state index contributed by atoms with van der Waals surface area (Å²) in [4.78, 5) is 12.0. The number of amides is 1. The molecule has 0 spiro atoms. The largest absolute Gasteiger partial charge is 0.497 e. The van der Waals surface area contributed by atoms with Crippen LogP contribution in [0.2, 0.25) is 0 Å². The summed E-state index contributed by atoms with van der Waals surface area (Å²) in [6.45, 7) is 2.44. The van der Waals surface area contributed by atoms with Crippen LogP contribution in [0.15, 0.2) is 58.2 Å². The third-order valence-corrected chi connectivity index (χ3v) is 4.44. The zero-order chi connectivity index (χ0) is 18.4. The van der Waals surface area contributed by atoms with Gasteiger partial charge in [-0.05, 0) is 36.8 Å². The summed E-state index contributed by atoms with van der Waals surface area (Å²) < 4.78 is 10.8. The highest BCUT2D eigenvalue weighted by molar-refractivity contribution is 7.99. The number of methoxy groups -OCH3 is 1. The molecule has 134 valence electrons. The standard InChI is InChI=1S/C19H19N3O3S/c1-13-5-3-7-15(9-13)18-21-22-19(25-18)26-12-17(23)20-11-14-6-4-8-16(10-14)24-2/h3-10H,11-12H2,1-2H3,(H,20,23). The normalized spacial score (nSPS) is 10.5. The Balaban J connectivity index is 1.50. The quantitative estimate of drug-likeness (QED) is 0.643. The maximum atomic E-state index is 12.0. The van der Waals surface area contributed by atoms with Gasteiger partial charge in [-0.15, -0.1) is 10.2 Å². The van der Waals surface area contributed by atoms with Crippen LogP contribution >= 0.6 is 11.8 Å². The van der Waals surface area contributed by atoms with Crippen molar-refractivity contribution in [2.75, 3.05) is 12.9 Å². The third-order valence-electron chi connectivity index (χ3n) is 3.62. The molecule has 0 saturated carbocycles. The van der Waals surface area contributed by atoms with E-state index in [4.69, 9.17) is 9.15 Å². The van der Waals surface area contributed by atoms with Gasteiger partial charge in [0.1, 0.15) is 5.75 Å². The lowest BCUT2D eigenvalue weighted by molar-refractivity contribution is -0.118. The molecule has 0 saturated heterocycles. The van der Waals surface area contributed by atoms with Crippen LogP contribution in [-0.2, 0) is 11.3 Å². The Morgan fingerprint density at radius 2 is 2.04 bits per heavy atom. The molecule has 26 heavy (non-hydrogen) atoms. The highest BCUT2D eigenvalue weighted by Crippen LogP contribution is 2.23. The molecule has 0 fully saturated rings. The van der Waals surface area contributed by atoms with Crippen LogP contribution in [0.25, 0.3) is 11.5 Å². The molecule has 0 bridgehead atoms. The molecule has 0 aliphatic heterocycles. The average Bonchev–Trinajstić information content (AvgIpc) is 3.14. The first kappa shape index (κ1) is 18.0. The average molecular weight is 369 g/mol. The third kappa shape index (κ3) is 4.86. The number of carbonyl (C=O) groups excluding carboxylic acids is 1. The summed E-state index contributed by atoms with van der Waals surface area (Å²) in [6.07, 6.45) is 0. The fourth-order valence-electron chi connectivity index (χ4n) is 2.32. The van der Waals surface area contributed by atoms with Crippen molar-refractivity contribution in [1.82, 2.24) is 15.5 Å². The van der Waals surface area contributed by atoms with Gasteiger partial charge in [0.15, 0.2) is 0 Å². The molecule has 3 rings (SSSR count). The number of nitrogens with one attached hydrogen (secondary N) is 1. The summed E-state index contributed by atoms with van der Waals surface area (Å²) >= 11 is 1.21. The number of aryl methyl sites for hydroxylation is 1. The first-order valence-electron chi connectivity index (χ1n) is 8.07. The van der Waals surface area contributed by atoms with E-state index in [-0.39, 0.29) is 11.7 Å². The smallest absolute Gasteiger partial charge is 0.277 e. The minimum Gasteiger partial charge on any atom is -0.497 e. The van der Waals surface area contributed by atoms with E-state index in [9.17, 15) is 4.79 Å². The molecule has 2 aromatic carbocycles. The lowest BCUT2D eigenvalue weighted by atomic mass is 10.1. The van der Waals surface area contributed by atoms with Gasteiger partial charge in [0.25, 0.3) is 5.22 Å². The number of carbonyl (C=O) groups is 1. The lowest BCUT2D eigenvalue weighted by Crippen LogP contribution is -2.24. The van der Waals surface area contributed by atoms with Crippen LogP contribution in [0, 0.1) is 6.92 Å². The minimum absolute atomic E-state index is 0.104. The summed E-state index contributed by atoms with van der Waals surface area (Å²) in [7, 11) is 1.61. The highest BCUT2D eigenvalue weighted by atomic mass is 32.2. The SMILES string of the molecule is COc1cccc(CNC(=O)CSc2nnc(-c3cccc(C)c3)o2)c1. The van der Waals surface area contributed by atoms with Crippen molar-refractivity contribution in [2.24, 2.45) is 0 Å². The number of thioether (sulfide) groups is 1. The van der Waals surface area contributed by atoms with Crippen molar-refractivity contribution in [2.45, 2.75) is 18.7 Å².